The van der Waals surface area contributed by atoms with Gasteiger partial charge in [0, 0.05) is 21.6 Å². The molecule has 0 unspecified atom stereocenters. The zero-order chi connectivity index (χ0) is 23.2. The van der Waals surface area contributed by atoms with Crippen LogP contribution in [0.3, 0.4) is 0 Å². The number of nitriles is 2. The molecule has 4 rings (SSSR count). The summed E-state index contributed by atoms with van der Waals surface area (Å²) in [7, 11) is 0. The van der Waals surface area contributed by atoms with Crippen molar-refractivity contribution < 1.29 is 4.74 Å². The second-order valence-electron chi connectivity index (χ2n) is 8.38. The van der Waals surface area contributed by atoms with E-state index in [1.54, 1.807) is 0 Å². The first-order valence-corrected chi connectivity index (χ1v) is 12.0. The number of nitrogens with zero attached hydrogens (tertiary/aromatic N) is 2. The first kappa shape index (κ1) is 22.6. The van der Waals surface area contributed by atoms with Crippen LogP contribution in [0, 0.1) is 22.7 Å². The maximum Gasteiger partial charge on any atom is 0.141 e. The molecule has 1 aliphatic heterocycles. The van der Waals surface area contributed by atoms with Crippen molar-refractivity contribution >= 4 is 22.5 Å². The lowest BCUT2D eigenvalue weighted by molar-refractivity contribution is 0.289. The number of ether oxygens (including phenoxy) is 1. The number of fused-ring (bicyclic) bond motifs is 1. The van der Waals surface area contributed by atoms with E-state index in [0.717, 1.165) is 38.0 Å². The molecule has 3 nitrogen and oxygen atoms in total. The molecule has 0 saturated carbocycles. The Morgan fingerprint density at radius 2 is 1.45 bits per heavy atom. The van der Waals surface area contributed by atoms with Crippen LogP contribution in [0.4, 0.5) is 0 Å². The van der Waals surface area contributed by atoms with Crippen LogP contribution in [-0.4, -0.2) is 6.61 Å². The van der Waals surface area contributed by atoms with Gasteiger partial charge in [-0.1, -0.05) is 48.6 Å². The molecule has 0 bridgehead atoms. The molecule has 2 aliphatic carbocycles. The van der Waals surface area contributed by atoms with Gasteiger partial charge in [-0.3, -0.25) is 0 Å². The number of hydrogen-bond donors (Lipinski definition) is 0. The summed E-state index contributed by atoms with van der Waals surface area (Å²) in [5.41, 5.74) is 7.89. The minimum atomic E-state index is 0.701. The molecule has 4 heteroatoms. The van der Waals surface area contributed by atoms with Crippen LogP contribution in [0.15, 0.2) is 83.1 Å². The third-order valence-corrected chi connectivity index (χ3v) is 7.18. The predicted molar refractivity (Wildman–Crippen MR) is 137 cm³/mol. The maximum absolute atomic E-state index is 8.90. The molecule has 0 atom stereocenters. The van der Waals surface area contributed by atoms with E-state index in [1.165, 1.54) is 37.6 Å². The highest BCUT2D eigenvalue weighted by Crippen LogP contribution is 2.49. The number of allylic oxidation sites excluding steroid dienone is 16. The highest BCUT2D eigenvalue weighted by molar-refractivity contribution is 7.14. The normalized spacial score (nSPS) is 18.4. The van der Waals surface area contributed by atoms with Crippen molar-refractivity contribution in [1.82, 2.24) is 0 Å². The monoisotopic (exact) mass is 450 g/mol. The number of hydrogen-bond acceptors (Lipinski definition) is 4. The molecule has 0 spiro atoms. The first-order chi connectivity index (χ1) is 16.1. The van der Waals surface area contributed by atoms with Gasteiger partial charge in [0.1, 0.15) is 5.75 Å². The third kappa shape index (κ3) is 5.25. The number of thiophene rings is 1. The summed E-state index contributed by atoms with van der Waals surface area (Å²) in [4.78, 5) is 2.60. The van der Waals surface area contributed by atoms with E-state index < -0.39 is 0 Å². The molecule has 0 radical (unpaired) electrons. The molecule has 33 heavy (non-hydrogen) atoms. The minimum absolute atomic E-state index is 0.701. The molecule has 1 aromatic heterocycles. The maximum atomic E-state index is 8.90. The van der Waals surface area contributed by atoms with Gasteiger partial charge in [-0.05, 0) is 74.0 Å². The van der Waals surface area contributed by atoms with E-state index in [0.29, 0.717) is 11.1 Å². The van der Waals surface area contributed by atoms with E-state index in [2.05, 4.69) is 48.6 Å². The van der Waals surface area contributed by atoms with Crippen LogP contribution < -0.4 is 4.74 Å². The molecule has 0 N–H and O–H groups in total. The van der Waals surface area contributed by atoms with Gasteiger partial charge in [0.2, 0.25) is 0 Å². The van der Waals surface area contributed by atoms with Crippen LogP contribution in [0.2, 0.25) is 0 Å². The van der Waals surface area contributed by atoms with Crippen LogP contribution >= 0.6 is 11.3 Å². The molecule has 1 aromatic rings. The van der Waals surface area contributed by atoms with Crippen molar-refractivity contribution in [2.24, 2.45) is 0 Å². The smallest absolute Gasteiger partial charge is 0.141 e. The molecule has 164 valence electrons. The topological polar surface area (TPSA) is 56.8 Å². The Morgan fingerprint density at radius 1 is 0.879 bits per heavy atom. The van der Waals surface area contributed by atoms with Gasteiger partial charge in [-0.15, -0.1) is 11.3 Å². The van der Waals surface area contributed by atoms with Crippen molar-refractivity contribution in [3.05, 3.63) is 98.4 Å². The summed E-state index contributed by atoms with van der Waals surface area (Å²) in [6, 6.07) is 4.29. The van der Waals surface area contributed by atoms with Crippen LogP contribution in [0.25, 0.3) is 11.1 Å². The zero-order valence-electron chi connectivity index (χ0n) is 19.0. The van der Waals surface area contributed by atoms with Gasteiger partial charge >= 0.3 is 0 Å². The molecular formula is C29H26N2OS. The fourth-order valence-electron chi connectivity index (χ4n) is 4.06. The second-order valence-corrected chi connectivity index (χ2v) is 9.40. The second kappa shape index (κ2) is 10.3. The highest BCUT2D eigenvalue weighted by Gasteiger charge is 2.27. The average Bonchev–Trinajstić information content (AvgIpc) is 3.57. The van der Waals surface area contributed by atoms with Gasteiger partial charge in [0.05, 0.1) is 23.6 Å². The highest BCUT2D eigenvalue weighted by atomic mass is 32.1. The van der Waals surface area contributed by atoms with Crippen LogP contribution in [-0.2, 0) is 6.42 Å². The Morgan fingerprint density at radius 3 is 2.03 bits per heavy atom. The zero-order valence-corrected chi connectivity index (χ0v) is 19.8. The average molecular weight is 451 g/mol. The molecule has 0 aromatic carbocycles. The number of rotatable bonds is 6. The Labute approximate surface area is 200 Å². The molecule has 2 heterocycles. The predicted octanol–water partition coefficient (Wildman–Crippen LogP) is 7.55. The Hall–Kier alpha value is -3.60. The van der Waals surface area contributed by atoms with Gasteiger partial charge in [0.25, 0.3) is 0 Å². The van der Waals surface area contributed by atoms with Gasteiger partial charge < -0.3 is 4.74 Å². The Kier molecular flexibility index (Phi) is 7.08. The van der Waals surface area contributed by atoms with Gasteiger partial charge in [-0.25, -0.2) is 0 Å². The lowest BCUT2D eigenvalue weighted by Gasteiger charge is -2.16. The van der Waals surface area contributed by atoms with E-state index >= 15 is 0 Å². The third-order valence-electron chi connectivity index (χ3n) is 5.81. The van der Waals surface area contributed by atoms with Crippen molar-refractivity contribution in [1.29, 1.82) is 10.5 Å². The van der Waals surface area contributed by atoms with Crippen LogP contribution in [0.1, 0.15) is 48.4 Å². The summed E-state index contributed by atoms with van der Waals surface area (Å²) in [6.45, 7) is 4.40. The first-order valence-electron chi connectivity index (χ1n) is 11.2. The minimum Gasteiger partial charge on any atom is -0.492 e. The van der Waals surface area contributed by atoms with Gasteiger partial charge in [0.15, 0.2) is 0 Å². The molecule has 3 aliphatic rings. The fourth-order valence-corrected chi connectivity index (χ4v) is 5.40. The van der Waals surface area contributed by atoms with Crippen molar-refractivity contribution in [3.8, 4) is 17.9 Å². The van der Waals surface area contributed by atoms with Gasteiger partial charge in [-0.2, -0.15) is 10.5 Å². The Balaban J connectivity index is 1.51. The van der Waals surface area contributed by atoms with Crippen molar-refractivity contribution in [2.75, 3.05) is 6.61 Å². The quantitative estimate of drug-likeness (QED) is 0.332. The lowest BCUT2D eigenvalue weighted by Crippen LogP contribution is -2.08. The standard InChI is InChI=1S/C29H26N2OS/c1-20(18-30)6-3-8-22-11-13-24(16-22)28-26-10-5-15-32-27(26)29(33-28)25-14-12-23(17-25)9-4-7-21(2)19-31/h3-4,6-9,11-14H,5,10,15-17H2,1-2H3/b8-3+,9-4+,20-6-,21-7-. The van der Waals surface area contributed by atoms with Crippen LogP contribution in [0.5, 0.6) is 5.75 Å². The largest absolute Gasteiger partial charge is 0.492 e. The lowest BCUT2D eigenvalue weighted by atomic mass is 9.99. The van der Waals surface area contributed by atoms with Crippen molar-refractivity contribution in [2.45, 2.75) is 39.5 Å². The molecule has 0 fully saturated rings. The van der Waals surface area contributed by atoms with E-state index in [1.807, 2.05) is 49.5 Å². The summed E-state index contributed by atoms with van der Waals surface area (Å²) >= 11 is 1.85. The molecule has 0 amide bonds. The summed E-state index contributed by atoms with van der Waals surface area (Å²) in [5.74, 6) is 1.07. The SMILES string of the molecule is C/C(C#N)=C/C=C/C1=CC=C(c2sc(C3=CC=C(/C=C/C=C(/C)C#N)C3)c3c2CCCO3)C1. The summed E-state index contributed by atoms with van der Waals surface area (Å²) in [5, 5.41) is 17.8. The summed E-state index contributed by atoms with van der Waals surface area (Å²) < 4.78 is 6.19. The molecular weight excluding hydrogens is 424 g/mol. The Bertz CT molecular complexity index is 1190. The summed E-state index contributed by atoms with van der Waals surface area (Å²) in [6.07, 6.45) is 24.4. The molecule has 0 saturated heterocycles. The van der Waals surface area contributed by atoms with E-state index in [-0.39, 0.29) is 0 Å². The van der Waals surface area contributed by atoms with E-state index in [4.69, 9.17) is 15.3 Å². The van der Waals surface area contributed by atoms with Crippen molar-refractivity contribution in [3.63, 3.8) is 0 Å². The van der Waals surface area contributed by atoms with E-state index in [9.17, 15) is 0 Å². The fraction of sp³-hybridized carbons (Fsp3) is 0.241.